The zero-order valence-electron chi connectivity index (χ0n) is 20.5. The number of amides is 2. The summed E-state index contributed by atoms with van der Waals surface area (Å²) in [6, 6.07) is 16.0. The van der Waals surface area contributed by atoms with Crippen molar-refractivity contribution in [3.63, 3.8) is 0 Å². The number of nitrogens with one attached hydrogen (secondary N) is 1. The fourth-order valence-electron chi connectivity index (χ4n) is 4.57. The molecule has 2 amide bonds. The van der Waals surface area contributed by atoms with Crippen LogP contribution in [0.2, 0.25) is 5.02 Å². The third kappa shape index (κ3) is 5.69. The number of benzene rings is 2. The van der Waals surface area contributed by atoms with E-state index in [4.69, 9.17) is 16.3 Å². The molecule has 1 saturated heterocycles. The average molecular weight is 538 g/mol. The molecule has 1 N–H and O–H groups in total. The minimum atomic E-state index is -0.833. The number of nitrogens with zero attached hydrogens (tertiary/aromatic N) is 4. The maximum Gasteiger partial charge on any atom is 0.248 e. The normalized spacial score (nSPS) is 16.1. The second-order valence-electron chi connectivity index (χ2n) is 9.10. The monoisotopic (exact) mass is 537 g/mol. The number of aryl methyl sites for hydroxylation is 1. The Morgan fingerprint density at radius 3 is 2.78 bits per heavy atom. The van der Waals surface area contributed by atoms with Gasteiger partial charge in [0, 0.05) is 29.6 Å². The van der Waals surface area contributed by atoms with Gasteiger partial charge in [-0.05, 0) is 60.5 Å². The van der Waals surface area contributed by atoms with E-state index < -0.39 is 6.04 Å². The number of rotatable bonds is 9. The van der Waals surface area contributed by atoms with Crippen LogP contribution in [-0.2, 0) is 27.4 Å². The second kappa shape index (κ2) is 11.4. The summed E-state index contributed by atoms with van der Waals surface area (Å²) in [5.41, 5.74) is 3.16. The van der Waals surface area contributed by atoms with Crippen molar-refractivity contribution < 1.29 is 14.3 Å². The highest BCUT2D eigenvalue weighted by molar-refractivity contribution is 7.10. The molecule has 8 nitrogen and oxygen atoms in total. The summed E-state index contributed by atoms with van der Waals surface area (Å²) in [5, 5.41) is 13.9. The van der Waals surface area contributed by atoms with Gasteiger partial charge in [-0.15, -0.1) is 16.4 Å². The number of fused-ring (bicyclic) bond motifs is 1. The van der Waals surface area contributed by atoms with Gasteiger partial charge in [0.2, 0.25) is 11.8 Å². The molecular formula is C27H28ClN5O3S. The lowest BCUT2D eigenvalue weighted by atomic mass is 10.1. The topological polar surface area (TPSA) is 89.4 Å². The van der Waals surface area contributed by atoms with Crippen molar-refractivity contribution >= 4 is 45.8 Å². The van der Waals surface area contributed by atoms with E-state index in [9.17, 15) is 9.59 Å². The smallest absolute Gasteiger partial charge is 0.248 e. The molecule has 0 saturated carbocycles. The number of thiophene rings is 1. The van der Waals surface area contributed by atoms with E-state index in [0.717, 1.165) is 34.4 Å². The number of halogens is 1. The SMILES string of the molecule is Cc1ccsc1[C@@H](C(=O)NC[C@H]1CCCO1)N(Cc1ccccc1Cl)C(=O)Cn1nnc2ccccc21. The number of ether oxygens (including phenoxy) is 1. The van der Waals surface area contributed by atoms with Crippen molar-refractivity contribution in [2.24, 2.45) is 0 Å². The summed E-state index contributed by atoms with van der Waals surface area (Å²) in [4.78, 5) is 30.2. The number of hydrogen-bond acceptors (Lipinski definition) is 6. The highest BCUT2D eigenvalue weighted by Crippen LogP contribution is 2.32. The average Bonchev–Trinajstić information content (AvgIpc) is 3.66. The summed E-state index contributed by atoms with van der Waals surface area (Å²) >= 11 is 7.96. The molecule has 4 aromatic rings. The zero-order valence-corrected chi connectivity index (χ0v) is 22.0. The van der Waals surface area contributed by atoms with Crippen LogP contribution in [-0.4, -0.2) is 51.0 Å². The number of aromatic nitrogens is 3. The third-order valence-electron chi connectivity index (χ3n) is 6.56. The second-order valence-corrected chi connectivity index (χ2v) is 10.5. The van der Waals surface area contributed by atoms with E-state index in [2.05, 4.69) is 15.6 Å². The Kier molecular flexibility index (Phi) is 7.83. The van der Waals surface area contributed by atoms with Crippen LogP contribution in [0.25, 0.3) is 11.0 Å². The van der Waals surface area contributed by atoms with Gasteiger partial charge < -0.3 is 15.0 Å². The van der Waals surface area contributed by atoms with Gasteiger partial charge in [0.25, 0.3) is 0 Å². The maximum absolute atomic E-state index is 14.0. The lowest BCUT2D eigenvalue weighted by molar-refractivity contribution is -0.142. The van der Waals surface area contributed by atoms with Crippen molar-refractivity contribution in [1.82, 2.24) is 25.2 Å². The standard InChI is InChI=1S/C27H28ClN5O3S/c1-18-12-14-37-26(18)25(27(35)29-15-20-8-6-13-36-20)32(16-19-7-2-3-9-21(19)28)24(34)17-33-23-11-5-4-10-22(23)30-31-33/h2-5,7,9-12,14,20,25H,6,8,13,15-17H2,1H3,(H,29,35)/t20-,25+/m1/s1. The molecule has 2 aromatic heterocycles. The Morgan fingerprint density at radius 2 is 2.03 bits per heavy atom. The van der Waals surface area contributed by atoms with Crippen molar-refractivity contribution in [1.29, 1.82) is 0 Å². The fourth-order valence-corrected chi connectivity index (χ4v) is 5.80. The van der Waals surface area contributed by atoms with Crippen LogP contribution in [0.5, 0.6) is 0 Å². The Labute approximate surface area is 224 Å². The molecule has 0 unspecified atom stereocenters. The first-order valence-corrected chi connectivity index (χ1v) is 13.5. The molecule has 37 heavy (non-hydrogen) atoms. The van der Waals surface area contributed by atoms with E-state index in [0.29, 0.717) is 23.7 Å². The fraction of sp³-hybridized carbons (Fsp3) is 0.333. The molecule has 1 aliphatic rings. The van der Waals surface area contributed by atoms with Crippen LogP contribution in [0, 0.1) is 6.92 Å². The summed E-state index contributed by atoms with van der Waals surface area (Å²) in [6.07, 6.45) is 1.88. The molecule has 2 aromatic carbocycles. The lowest BCUT2D eigenvalue weighted by Gasteiger charge is -2.32. The van der Waals surface area contributed by atoms with Gasteiger partial charge in [0.05, 0.1) is 11.6 Å². The number of carbonyl (C=O) groups is 2. The van der Waals surface area contributed by atoms with Gasteiger partial charge in [-0.2, -0.15) is 0 Å². The Morgan fingerprint density at radius 1 is 1.22 bits per heavy atom. The van der Waals surface area contributed by atoms with Crippen LogP contribution >= 0.6 is 22.9 Å². The van der Waals surface area contributed by atoms with E-state index in [-0.39, 0.29) is 31.0 Å². The van der Waals surface area contributed by atoms with E-state index >= 15 is 0 Å². The predicted molar refractivity (Wildman–Crippen MR) is 143 cm³/mol. The highest BCUT2D eigenvalue weighted by Gasteiger charge is 2.34. The van der Waals surface area contributed by atoms with Gasteiger partial charge in [-0.1, -0.05) is 47.1 Å². The molecule has 0 spiro atoms. The van der Waals surface area contributed by atoms with E-state index in [1.807, 2.05) is 60.8 Å². The quantitative estimate of drug-likeness (QED) is 0.339. The summed E-state index contributed by atoms with van der Waals surface area (Å²) < 4.78 is 7.27. The van der Waals surface area contributed by atoms with Gasteiger partial charge in [-0.3, -0.25) is 9.59 Å². The number of carbonyl (C=O) groups excluding carboxylic acids is 2. The number of hydrogen-bond donors (Lipinski definition) is 1. The van der Waals surface area contributed by atoms with Gasteiger partial charge >= 0.3 is 0 Å². The molecular weight excluding hydrogens is 510 g/mol. The Bertz CT molecular complexity index is 1400. The molecule has 192 valence electrons. The largest absolute Gasteiger partial charge is 0.376 e. The third-order valence-corrected chi connectivity index (χ3v) is 8.00. The molecule has 3 heterocycles. The Balaban J connectivity index is 1.50. The zero-order chi connectivity index (χ0) is 25.8. The summed E-state index contributed by atoms with van der Waals surface area (Å²) in [7, 11) is 0. The molecule has 0 aliphatic carbocycles. The molecule has 1 aliphatic heterocycles. The van der Waals surface area contributed by atoms with Crippen LogP contribution in [0.1, 0.15) is 34.9 Å². The maximum atomic E-state index is 14.0. The van der Waals surface area contributed by atoms with Gasteiger partial charge in [-0.25, -0.2) is 4.68 Å². The lowest BCUT2D eigenvalue weighted by Crippen LogP contribution is -2.46. The van der Waals surface area contributed by atoms with Crippen LogP contribution in [0.15, 0.2) is 60.0 Å². The highest BCUT2D eigenvalue weighted by atomic mass is 35.5. The minimum Gasteiger partial charge on any atom is -0.376 e. The molecule has 1 fully saturated rings. The minimum absolute atomic E-state index is 0.0109. The van der Waals surface area contributed by atoms with E-state index in [1.165, 1.54) is 11.3 Å². The first-order chi connectivity index (χ1) is 18.0. The van der Waals surface area contributed by atoms with Crippen LogP contribution in [0.4, 0.5) is 0 Å². The molecule has 5 rings (SSSR count). The van der Waals surface area contributed by atoms with Crippen LogP contribution in [0.3, 0.4) is 0 Å². The molecule has 0 radical (unpaired) electrons. The summed E-state index contributed by atoms with van der Waals surface area (Å²) in [6.45, 7) is 3.17. The van der Waals surface area contributed by atoms with Crippen molar-refractivity contribution in [3.05, 3.63) is 81.0 Å². The number of para-hydroxylation sites is 1. The van der Waals surface area contributed by atoms with Crippen LogP contribution < -0.4 is 5.32 Å². The molecule has 0 bridgehead atoms. The predicted octanol–water partition coefficient (Wildman–Crippen LogP) is 4.52. The first kappa shape index (κ1) is 25.4. The molecule has 2 atom stereocenters. The Hall–Kier alpha value is -3.27. The summed E-state index contributed by atoms with van der Waals surface area (Å²) in [5.74, 6) is -0.509. The van der Waals surface area contributed by atoms with Crippen molar-refractivity contribution in [2.75, 3.05) is 13.2 Å². The molecule has 10 heteroatoms. The van der Waals surface area contributed by atoms with Gasteiger partial charge in [0.15, 0.2) is 0 Å². The first-order valence-electron chi connectivity index (χ1n) is 12.3. The van der Waals surface area contributed by atoms with Crippen molar-refractivity contribution in [2.45, 2.75) is 45.0 Å². The van der Waals surface area contributed by atoms with Gasteiger partial charge in [0.1, 0.15) is 18.1 Å². The van der Waals surface area contributed by atoms with E-state index in [1.54, 1.807) is 15.6 Å². The van der Waals surface area contributed by atoms with Crippen molar-refractivity contribution in [3.8, 4) is 0 Å².